The van der Waals surface area contributed by atoms with Crippen molar-refractivity contribution in [1.82, 2.24) is 9.97 Å². The van der Waals surface area contributed by atoms with Gasteiger partial charge in [-0.3, -0.25) is 9.10 Å². The van der Waals surface area contributed by atoms with Crippen LogP contribution in [-0.2, 0) is 10.0 Å². The van der Waals surface area contributed by atoms with Gasteiger partial charge in [0.05, 0.1) is 22.5 Å². The van der Waals surface area contributed by atoms with Gasteiger partial charge in [0.15, 0.2) is 0 Å². The minimum atomic E-state index is -3.30. The molecule has 2 aromatic carbocycles. The highest BCUT2D eigenvalue weighted by Gasteiger charge is 2.28. The summed E-state index contributed by atoms with van der Waals surface area (Å²) in [5.74, 6) is -0.237. The largest absolute Gasteiger partial charge is 0.323 e. The molecule has 1 aliphatic heterocycles. The number of sulfonamides is 1. The molecule has 0 radical (unpaired) electrons. The van der Waals surface area contributed by atoms with Gasteiger partial charge in [-0.2, -0.15) is 0 Å². The van der Waals surface area contributed by atoms with E-state index in [-0.39, 0.29) is 17.3 Å². The lowest BCUT2D eigenvalue weighted by Crippen LogP contribution is -2.25. The van der Waals surface area contributed by atoms with Crippen molar-refractivity contribution in [3.63, 3.8) is 0 Å². The van der Waals surface area contributed by atoms with E-state index < -0.39 is 10.0 Å². The summed E-state index contributed by atoms with van der Waals surface area (Å²) < 4.78 is 25.4. The van der Waals surface area contributed by atoms with Crippen LogP contribution in [-0.4, -0.2) is 36.6 Å². The number of aromatic amines is 2. The van der Waals surface area contributed by atoms with Crippen LogP contribution in [0.2, 0.25) is 0 Å². The number of hydrogen-bond acceptors (Lipinski definition) is 4. The lowest BCUT2D eigenvalue weighted by atomic mass is 10.1. The molecular formula is C17H16N4O4S. The molecule has 0 saturated carbocycles. The van der Waals surface area contributed by atoms with Gasteiger partial charge in [0.25, 0.3) is 5.91 Å². The van der Waals surface area contributed by atoms with Gasteiger partial charge in [0.2, 0.25) is 10.0 Å². The molecule has 3 N–H and O–H groups in total. The van der Waals surface area contributed by atoms with Gasteiger partial charge in [0.1, 0.15) is 0 Å². The fourth-order valence-electron chi connectivity index (χ4n) is 3.05. The van der Waals surface area contributed by atoms with Crippen LogP contribution in [0.25, 0.3) is 11.0 Å². The zero-order valence-electron chi connectivity index (χ0n) is 13.7. The van der Waals surface area contributed by atoms with Crippen molar-refractivity contribution in [2.24, 2.45) is 0 Å². The molecular weight excluding hydrogens is 356 g/mol. The van der Waals surface area contributed by atoms with E-state index >= 15 is 0 Å². The van der Waals surface area contributed by atoms with Gasteiger partial charge in [-0.25, -0.2) is 13.2 Å². The highest BCUT2D eigenvalue weighted by molar-refractivity contribution is 7.93. The molecule has 0 bridgehead atoms. The van der Waals surface area contributed by atoms with Crippen molar-refractivity contribution in [2.45, 2.75) is 6.42 Å². The Balaban J connectivity index is 1.59. The summed E-state index contributed by atoms with van der Waals surface area (Å²) >= 11 is 0. The van der Waals surface area contributed by atoms with Crippen molar-refractivity contribution in [2.75, 3.05) is 21.9 Å². The first-order chi connectivity index (χ1) is 12.4. The number of amides is 1. The Morgan fingerprint density at radius 1 is 1.08 bits per heavy atom. The molecule has 8 nitrogen and oxygen atoms in total. The number of hydrogen-bond donors (Lipinski definition) is 3. The minimum absolute atomic E-state index is 0.123. The molecule has 0 aliphatic carbocycles. The average Bonchev–Trinajstić information content (AvgIpc) is 3.15. The molecule has 0 unspecified atom stereocenters. The number of carbonyl (C=O) groups excluding carboxylic acids is 1. The quantitative estimate of drug-likeness (QED) is 0.648. The SMILES string of the molecule is O=C(Nc1ccc2[nH]c(=O)[nH]c2c1)c1cccc(N2CCCS2(=O)=O)c1. The van der Waals surface area contributed by atoms with Crippen LogP contribution in [0.1, 0.15) is 16.8 Å². The monoisotopic (exact) mass is 372 g/mol. The predicted molar refractivity (Wildman–Crippen MR) is 99.1 cm³/mol. The second-order valence-corrected chi connectivity index (χ2v) is 8.10. The van der Waals surface area contributed by atoms with Crippen LogP contribution in [0, 0.1) is 0 Å². The maximum Gasteiger partial charge on any atom is 0.323 e. The number of anilines is 2. The number of H-pyrrole nitrogens is 2. The van der Waals surface area contributed by atoms with E-state index in [0.717, 1.165) is 0 Å². The zero-order valence-corrected chi connectivity index (χ0v) is 14.5. The van der Waals surface area contributed by atoms with Gasteiger partial charge in [0, 0.05) is 17.8 Å². The smallest absolute Gasteiger partial charge is 0.322 e. The summed E-state index contributed by atoms with van der Waals surface area (Å²) in [7, 11) is -3.30. The molecule has 134 valence electrons. The molecule has 9 heteroatoms. The van der Waals surface area contributed by atoms with Crippen LogP contribution in [0.5, 0.6) is 0 Å². The van der Waals surface area contributed by atoms with Crippen molar-refractivity contribution in [3.05, 3.63) is 58.5 Å². The molecule has 1 amide bonds. The van der Waals surface area contributed by atoms with Crippen LogP contribution < -0.4 is 15.3 Å². The molecule has 3 aromatic rings. The number of carbonyl (C=O) groups is 1. The summed E-state index contributed by atoms with van der Waals surface area (Å²) in [6, 6.07) is 11.5. The van der Waals surface area contributed by atoms with Crippen LogP contribution in [0.4, 0.5) is 11.4 Å². The van der Waals surface area contributed by atoms with E-state index in [4.69, 9.17) is 0 Å². The molecule has 2 heterocycles. The van der Waals surface area contributed by atoms with E-state index in [9.17, 15) is 18.0 Å². The highest BCUT2D eigenvalue weighted by Crippen LogP contribution is 2.25. The summed E-state index contributed by atoms with van der Waals surface area (Å²) in [5.41, 5.74) is 2.28. The molecule has 1 aliphatic rings. The number of fused-ring (bicyclic) bond motifs is 1. The predicted octanol–water partition coefficient (Wildman–Crippen LogP) is 1.65. The van der Waals surface area contributed by atoms with Gasteiger partial charge >= 0.3 is 5.69 Å². The fraction of sp³-hybridized carbons (Fsp3) is 0.176. The number of rotatable bonds is 3. The Morgan fingerprint density at radius 2 is 1.88 bits per heavy atom. The standard InChI is InChI=1S/C17H16N4O4S/c22-16(18-12-5-6-14-15(10-12)20-17(23)19-14)11-3-1-4-13(9-11)21-7-2-8-26(21,24)25/h1,3-6,9-10H,2,7-8H2,(H,18,22)(H2,19,20,23). The number of nitrogens with one attached hydrogen (secondary N) is 3. The molecule has 0 spiro atoms. The third-order valence-electron chi connectivity index (χ3n) is 4.27. The van der Waals surface area contributed by atoms with Crippen molar-refractivity contribution < 1.29 is 13.2 Å². The maximum absolute atomic E-state index is 12.5. The Morgan fingerprint density at radius 3 is 2.65 bits per heavy atom. The van der Waals surface area contributed by atoms with Crippen LogP contribution in [0.3, 0.4) is 0 Å². The van der Waals surface area contributed by atoms with Crippen LogP contribution in [0.15, 0.2) is 47.3 Å². The van der Waals surface area contributed by atoms with E-state index in [1.54, 1.807) is 42.5 Å². The Hall–Kier alpha value is -3.07. The second kappa shape index (κ2) is 6.03. The van der Waals surface area contributed by atoms with Crippen molar-refractivity contribution in [1.29, 1.82) is 0 Å². The summed E-state index contributed by atoms with van der Waals surface area (Å²) in [5, 5.41) is 2.76. The van der Waals surface area contributed by atoms with E-state index in [2.05, 4.69) is 15.3 Å². The lowest BCUT2D eigenvalue weighted by Gasteiger charge is -2.17. The Labute approximate surface area is 148 Å². The van der Waals surface area contributed by atoms with Gasteiger partial charge in [-0.15, -0.1) is 0 Å². The number of benzene rings is 2. The van der Waals surface area contributed by atoms with Crippen LogP contribution >= 0.6 is 0 Å². The molecule has 0 atom stereocenters. The van der Waals surface area contributed by atoms with E-state index in [1.807, 2.05) is 0 Å². The third kappa shape index (κ3) is 2.97. The first-order valence-corrected chi connectivity index (χ1v) is 9.67. The molecule has 1 fully saturated rings. The van der Waals surface area contributed by atoms with Crippen molar-refractivity contribution >= 4 is 38.3 Å². The summed E-state index contributed by atoms with van der Waals surface area (Å²) in [4.78, 5) is 29.1. The maximum atomic E-state index is 12.5. The van der Waals surface area contributed by atoms with Gasteiger partial charge in [-0.05, 0) is 42.8 Å². The summed E-state index contributed by atoms with van der Waals surface area (Å²) in [6.07, 6.45) is 0.577. The molecule has 1 saturated heterocycles. The second-order valence-electron chi connectivity index (χ2n) is 6.09. The third-order valence-corrected chi connectivity index (χ3v) is 6.14. The fourth-order valence-corrected chi connectivity index (χ4v) is 4.60. The molecule has 26 heavy (non-hydrogen) atoms. The Bertz CT molecular complexity index is 1160. The lowest BCUT2D eigenvalue weighted by molar-refractivity contribution is 0.102. The van der Waals surface area contributed by atoms with Crippen molar-refractivity contribution in [3.8, 4) is 0 Å². The molecule has 4 rings (SSSR count). The Kier molecular flexibility index (Phi) is 3.80. The molecule has 1 aromatic heterocycles. The van der Waals surface area contributed by atoms with Gasteiger partial charge < -0.3 is 15.3 Å². The van der Waals surface area contributed by atoms with E-state index in [1.165, 1.54) is 4.31 Å². The first kappa shape index (κ1) is 16.4. The topological polar surface area (TPSA) is 115 Å². The first-order valence-electron chi connectivity index (χ1n) is 8.06. The normalized spacial score (nSPS) is 16.1. The highest BCUT2D eigenvalue weighted by atomic mass is 32.2. The average molecular weight is 372 g/mol. The number of imidazole rings is 1. The summed E-state index contributed by atoms with van der Waals surface area (Å²) in [6.45, 7) is 0.422. The van der Waals surface area contributed by atoms with Gasteiger partial charge in [-0.1, -0.05) is 6.07 Å². The minimum Gasteiger partial charge on any atom is -0.322 e. The zero-order chi connectivity index (χ0) is 18.3. The number of aromatic nitrogens is 2. The van der Waals surface area contributed by atoms with E-state index in [0.29, 0.717) is 40.9 Å². The number of nitrogens with zero attached hydrogens (tertiary/aromatic N) is 1.